The molecule has 0 aliphatic rings. The lowest BCUT2D eigenvalue weighted by Gasteiger charge is -2.24. The number of carbonyl (C=O) groups is 1. The normalized spacial score (nSPS) is 10.0. The zero-order chi connectivity index (χ0) is 13.0. The molecule has 92 valence electrons. The molecule has 4 heteroatoms. The first-order valence-corrected chi connectivity index (χ1v) is 5.90. The van der Waals surface area contributed by atoms with Gasteiger partial charge in [-0.15, -0.1) is 0 Å². The first kappa shape index (κ1) is 12.4. The average Bonchev–Trinajstić information content (AvgIpc) is 2.38. The van der Waals surface area contributed by atoms with Crippen LogP contribution in [0.15, 0.2) is 59.5 Å². The van der Waals surface area contributed by atoms with Crippen LogP contribution in [0.2, 0.25) is 0 Å². The van der Waals surface area contributed by atoms with Crippen molar-refractivity contribution in [3.63, 3.8) is 0 Å². The van der Waals surface area contributed by atoms with E-state index in [2.05, 4.69) is 0 Å². The second-order valence-electron chi connectivity index (χ2n) is 3.82. The first-order chi connectivity index (χ1) is 8.68. The largest absolute Gasteiger partial charge is 0.778 e. The van der Waals surface area contributed by atoms with Gasteiger partial charge in [-0.2, -0.15) is 4.90 Å². The van der Waals surface area contributed by atoms with Gasteiger partial charge < -0.3 is 17.7 Å². The van der Waals surface area contributed by atoms with Crippen molar-refractivity contribution in [2.45, 2.75) is 11.4 Å². The molecule has 2 aromatic carbocycles. The van der Waals surface area contributed by atoms with E-state index in [4.69, 9.17) is 12.6 Å². The molecule has 0 fully saturated rings. The number of carboxylic acid groups (broad SMARTS) is 1. The van der Waals surface area contributed by atoms with Gasteiger partial charge in [-0.3, -0.25) is 4.90 Å². The van der Waals surface area contributed by atoms with E-state index < -0.39 is 6.09 Å². The molecule has 0 aromatic heterocycles. The Hall–Kier alpha value is -2.07. The van der Waals surface area contributed by atoms with Gasteiger partial charge in [-0.25, -0.2) is 4.79 Å². The second kappa shape index (κ2) is 5.51. The molecule has 3 nitrogen and oxygen atoms in total. The van der Waals surface area contributed by atoms with Crippen molar-refractivity contribution >= 4 is 24.4 Å². The van der Waals surface area contributed by atoms with E-state index in [1.54, 1.807) is 24.3 Å². The smallest absolute Gasteiger partial charge is 0.412 e. The van der Waals surface area contributed by atoms with Gasteiger partial charge in [-0.05, 0) is 11.6 Å². The Kier molecular flexibility index (Phi) is 3.79. The van der Waals surface area contributed by atoms with Crippen LogP contribution in [0.5, 0.6) is 0 Å². The fourth-order valence-electron chi connectivity index (χ4n) is 1.70. The fourth-order valence-corrected chi connectivity index (χ4v) is 1.96. The van der Waals surface area contributed by atoms with Crippen LogP contribution in [-0.2, 0) is 19.2 Å². The van der Waals surface area contributed by atoms with E-state index >= 15 is 0 Å². The summed E-state index contributed by atoms with van der Waals surface area (Å²) in [5.74, 6) is 0. The summed E-state index contributed by atoms with van der Waals surface area (Å²) in [6.07, 6.45) is -1.00. The maximum absolute atomic E-state index is 11.3. The standard InChI is InChI=1S/C14H13NO2S/c16-14(17)15(10-11-6-2-1-3-7-11)12-8-4-5-9-13(12)18/h1-9,18H,10H2,(H,16,17)/p-1. The molecule has 18 heavy (non-hydrogen) atoms. The number of benzene rings is 2. The van der Waals surface area contributed by atoms with Crippen LogP contribution >= 0.6 is 0 Å². The Balaban J connectivity index is 2.30. The summed E-state index contributed by atoms with van der Waals surface area (Å²) in [7, 11) is 0. The van der Waals surface area contributed by atoms with Gasteiger partial charge >= 0.3 is 6.09 Å². The Morgan fingerprint density at radius 2 is 1.67 bits per heavy atom. The first-order valence-electron chi connectivity index (χ1n) is 5.49. The molecule has 0 atom stereocenters. The summed E-state index contributed by atoms with van der Waals surface area (Å²) in [4.78, 5) is 13.1. The highest BCUT2D eigenvalue weighted by Crippen LogP contribution is 2.22. The molecule has 0 saturated heterocycles. The highest BCUT2D eigenvalue weighted by atomic mass is 32.1. The minimum absolute atomic E-state index is 0.295. The fraction of sp³-hybridized carbons (Fsp3) is 0.0714. The predicted octanol–water partition coefficient (Wildman–Crippen LogP) is 3.28. The van der Waals surface area contributed by atoms with Crippen LogP contribution in [-0.4, -0.2) is 11.2 Å². The van der Waals surface area contributed by atoms with Gasteiger partial charge in [-0.1, -0.05) is 48.5 Å². The lowest BCUT2D eigenvalue weighted by Crippen LogP contribution is -2.29. The molecule has 2 rings (SSSR count). The molecule has 0 bridgehead atoms. The quantitative estimate of drug-likeness (QED) is 0.859. The third-order valence-corrected chi connectivity index (χ3v) is 2.92. The Morgan fingerprint density at radius 3 is 2.28 bits per heavy atom. The van der Waals surface area contributed by atoms with E-state index in [0.717, 1.165) is 5.56 Å². The van der Waals surface area contributed by atoms with E-state index in [1.807, 2.05) is 30.3 Å². The molecule has 0 radical (unpaired) electrons. The van der Waals surface area contributed by atoms with E-state index in [9.17, 15) is 9.90 Å². The van der Waals surface area contributed by atoms with Gasteiger partial charge in [0.15, 0.2) is 0 Å². The number of amides is 1. The molecule has 0 saturated carbocycles. The molecule has 0 heterocycles. The Labute approximate surface area is 111 Å². The van der Waals surface area contributed by atoms with Crippen molar-refractivity contribution in [2.75, 3.05) is 4.90 Å². The van der Waals surface area contributed by atoms with Gasteiger partial charge in [0, 0.05) is 5.69 Å². The SMILES string of the molecule is O=C(O)N(Cc1ccccc1)c1ccccc1[S-]. The molecule has 1 amide bonds. The van der Waals surface area contributed by atoms with Crippen LogP contribution in [0.1, 0.15) is 5.56 Å². The summed E-state index contributed by atoms with van der Waals surface area (Å²) in [5.41, 5.74) is 1.47. The maximum atomic E-state index is 11.3. The molecule has 1 N–H and O–H groups in total. The minimum Gasteiger partial charge on any atom is -0.778 e. The molecule has 0 aliphatic heterocycles. The third-order valence-electron chi connectivity index (χ3n) is 2.57. The molecular weight excluding hydrogens is 246 g/mol. The van der Waals surface area contributed by atoms with Crippen molar-refractivity contribution in [3.05, 3.63) is 60.2 Å². The number of nitrogens with zero attached hydrogens (tertiary/aromatic N) is 1. The lowest BCUT2D eigenvalue weighted by atomic mass is 10.2. The van der Waals surface area contributed by atoms with Crippen LogP contribution in [0.3, 0.4) is 0 Å². The number of hydrogen-bond acceptors (Lipinski definition) is 2. The van der Waals surface area contributed by atoms with Crippen molar-refractivity contribution in [2.24, 2.45) is 0 Å². The number of para-hydroxylation sites is 1. The van der Waals surface area contributed by atoms with Crippen molar-refractivity contribution in [3.8, 4) is 0 Å². The van der Waals surface area contributed by atoms with E-state index in [1.165, 1.54) is 4.90 Å². The van der Waals surface area contributed by atoms with Gasteiger partial charge in [0.25, 0.3) is 0 Å². The zero-order valence-electron chi connectivity index (χ0n) is 9.61. The number of anilines is 1. The van der Waals surface area contributed by atoms with Crippen molar-refractivity contribution in [1.82, 2.24) is 0 Å². The summed E-state index contributed by atoms with van der Waals surface area (Å²) in [5, 5.41) is 9.29. The van der Waals surface area contributed by atoms with Gasteiger partial charge in [0.05, 0.1) is 6.54 Å². The summed E-state index contributed by atoms with van der Waals surface area (Å²) < 4.78 is 0. The molecule has 0 aliphatic carbocycles. The Bertz CT molecular complexity index is 543. The van der Waals surface area contributed by atoms with Gasteiger partial charge in [0.2, 0.25) is 0 Å². The molecule has 0 unspecified atom stereocenters. The number of hydrogen-bond donors (Lipinski definition) is 1. The van der Waals surface area contributed by atoms with Crippen LogP contribution in [0.25, 0.3) is 0 Å². The van der Waals surface area contributed by atoms with Crippen LogP contribution in [0, 0.1) is 0 Å². The van der Waals surface area contributed by atoms with E-state index in [0.29, 0.717) is 17.1 Å². The second-order valence-corrected chi connectivity index (χ2v) is 4.26. The topological polar surface area (TPSA) is 40.5 Å². The molecule has 0 spiro atoms. The monoisotopic (exact) mass is 258 g/mol. The van der Waals surface area contributed by atoms with Crippen molar-refractivity contribution < 1.29 is 9.90 Å². The lowest BCUT2D eigenvalue weighted by molar-refractivity contribution is 0.201. The highest BCUT2D eigenvalue weighted by Gasteiger charge is 2.14. The number of rotatable bonds is 3. The zero-order valence-corrected chi connectivity index (χ0v) is 10.4. The molecule has 2 aromatic rings. The van der Waals surface area contributed by atoms with Crippen molar-refractivity contribution in [1.29, 1.82) is 0 Å². The maximum Gasteiger partial charge on any atom is 0.412 e. The summed E-state index contributed by atoms with van der Waals surface area (Å²) >= 11 is 5.16. The van der Waals surface area contributed by atoms with E-state index in [-0.39, 0.29) is 0 Å². The minimum atomic E-state index is -1.00. The van der Waals surface area contributed by atoms with Crippen LogP contribution in [0.4, 0.5) is 10.5 Å². The van der Waals surface area contributed by atoms with Crippen LogP contribution < -0.4 is 4.90 Å². The Morgan fingerprint density at radius 1 is 1.06 bits per heavy atom. The third kappa shape index (κ3) is 2.78. The molecular formula is C14H12NO2S-. The highest BCUT2D eigenvalue weighted by molar-refractivity contribution is 7.59. The van der Waals surface area contributed by atoms with Gasteiger partial charge in [0.1, 0.15) is 0 Å². The average molecular weight is 258 g/mol. The summed E-state index contributed by atoms with van der Waals surface area (Å²) in [6.45, 7) is 0.295. The summed E-state index contributed by atoms with van der Waals surface area (Å²) in [6, 6.07) is 16.5. The predicted molar refractivity (Wildman–Crippen MR) is 72.7 cm³/mol.